The normalized spacial score (nSPS) is 34.6. The van der Waals surface area contributed by atoms with Gasteiger partial charge in [0.15, 0.2) is 0 Å². The summed E-state index contributed by atoms with van der Waals surface area (Å²) in [6.45, 7) is 9.41. The number of aromatic amines is 1. The van der Waals surface area contributed by atoms with E-state index in [4.69, 9.17) is 0 Å². The number of aromatic nitrogens is 1. The molecule has 1 aromatic heterocycles. The molecule has 134 valence electrons. The number of hydrogen-bond donors (Lipinski definition) is 2. The Hall–Kier alpha value is -1.54. The predicted molar refractivity (Wildman–Crippen MR) is 104 cm³/mol. The van der Waals surface area contributed by atoms with Crippen molar-refractivity contribution < 1.29 is 5.11 Å². The molecule has 2 aromatic rings. The van der Waals surface area contributed by atoms with E-state index in [0.717, 1.165) is 12.8 Å². The Morgan fingerprint density at radius 1 is 1.16 bits per heavy atom. The second-order valence-electron chi connectivity index (χ2n) is 9.22. The third-order valence-corrected chi connectivity index (χ3v) is 7.56. The van der Waals surface area contributed by atoms with Crippen LogP contribution >= 0.6 is 0 Å². The molecule has 0 saturated heterocycles. The van der Waals surface area contributed by atoms with Crippen molar-refractivity contribution in [2.45, 2.75) is 59.5 Å². The van der Waals surface area contributed by atoms with E-state index in [1.54, 1.807) is 5.57 Å². The van der Waals surface area contributed by atoms with Crippen LogP contribution in [0.25, 0.3) is 10.9 Å². The van der Waals surface area contributed by atoms with Gasteiger partial charge in [0.05, 0.1) is 6.10 Å². The first kappa shape index (κ1) is 16.9. The molecule has 0 bridgehead atoms. The smallest absolute Gasteiger partial charge is 0.0631 e. The number of allylic oxidation sites excluding steroid dienone is 1. The molecule has 0 spiro atoms. The van der Waals surface area contributed by atoms with Gasteiger partial charge >= 0.3 is 0 Å². The summed E-state index contributed by atoms with van der Waals surface area (Å²) in [7, 11) is 0. The standard InChI is InChI=1S/C23H31NO/c1-15-9-10-18-19(11-12-21(25)22(18,2)3)23(15,4)13-16-14-24-20-8-6-5-7-17(16)20/h5-8,11,14-15,18,21,24-25H,9-10,12-13H2,1-4H3/t15-,18-,21+,23-/m1/s1. The highest BCUT2D eigenvalue weighted by Gasteiger charge is 2.50. The highest BCUT2D eigenvalue weighted by atomic mass is 16.3. The lowest BCUT2D eigenvalue weighted by molar-refractivity contribution is -0.0190. The Labute approximate surface area is 151 Å². The van der Waals surface area contributed by atoms with Crippen LogP contribution in [0.5, 0.6) is 0 Å². The van der Waals surface area contributed by atoms with Gasteiger partial charge in [0.1, 0.15) is 0 Å². The topological polar surface area (TPSA) is 36.0 Å². The maximum absolute atomic E-state index is 10.6. The maximum Gasteiger partial charge on any atom is 0.0631 e. The molecule has 1 saturated carbocycles. The third-order valence-electron chi connectivity index (χ3n) is 7.56. The highest BCUT2D eigenvalue weighted by Crippen LogP contribution is 2.57. The van der Waals surface area contributed by atoms with Crippen molar-refractivity contribution in [3.8, 4) is 0 Å². The van der Waals surface area contributed by atoms with Gasteiger partial charge < -0.3 is 10.1 Å². The van der Waals surface area contributed by atoms with Crippen LogP contribution in [0.3, 0.4) is 0 Å². The van der Waals surface area contributed by atoms with Crippen LogP contribution in [-0.2, 0) is 6.42 Å². The lowest BCUT2D eigenvalue weighted by Crippen LogP contribution is -2.48. The fraction of sp³-hybridized carbons (Fsp3) is 0.565. The number of aliphatic hydroxyl groups excluding tert-OH is 1. The van der Waals surface area contributed by atoms with Crippen molar-refractivity contribution in [3.63, 3.8) is 0 Å². The number of rotatable bonds is 2. The number of aliphatic hydroxyl groups is 1. The van der Waals surface area contributed by atoms with Crippen molar-refractivity contribution in [2.75, 3.05) is 0 Å². The molecular formula is C23H31NO. The number of fused-ring (bicyclic) bond motifs is 2. The second-order valence-corrected chi connectivity index (χ2v) is 9.22. The molecule has 2 aliphatic carbocycles. The van der Waals surface area contributed by atoms with E-state index in [0.29, 0.717) is 11.8 Å². The zero-order valence-corrected chi connectivity index (χ0v) is 16.0. The quantitative estimate of drug-likeness (QED) is 0.699. The summed E-state index contributed by atoms with van der Waals surface area (Å²) in [5, 5.41) is 11.9. The zero-order valence-electron chi connectivity index (χ0n) is 16.0. The Balaban J connectivity index is 1.76. The van der Waals surface area contributed by atoms with Crippen molar-refractivity contribution in [2.24, 2.45) is 22.7 Å². The molecule has 2 N–H and O–H groups in total. The van der Waals surface area contributed by atoms with Gasteiger partial charge in [-0.3, -0.25) is 0 Å². The average molecular weight is 338 g/mol. The average Bonchev–Trinajstić information content (AvgIpc) is 2.98. The molecule has 2 nitrogen and oxygen atoms in total. The van der Waals surface area contributed by atoms with Gasteiger partial charge in [-0.15, -0.1) is 0 Å². The first-order chi connectivity index (χ1) is 11.8. The second kappa shape index (κ2) is 5.74. The van der Waals surface area contributed by atoms with Crippen LogP contribution in [0, 0.1) is 22.7 Å². The minimum atomic E-state index is -0.216. The largest absolute Gasteiger partial charge is 0.392 e. The van der Waals surface area contributed by atoms with Crippen molar-refractivity contribution in [1.29, 1.82) is 0 Å². The van der Waals surface area contributed by atoms with Crippen LogP contribution in [0.15, 0.2) is 42.1 Å². The molecule has 0 aliphatic heterocycles. The van der Waals surface area contributed by atoms with Gasteiger partial charge in [0, 0.05) is 17.1 Å². The summed E-state index contributed by atoms with van der Waals surface area (Å²) >= 11 is 0. The summed E-state index contributed by atoms with van der Waals surface area (Å²) in [6.07, 6.45) is 8.70. The van der Waals surface area contributed by atoms with Crippen LogP contribution < -0.4 is 0 Å². The lowest BCUT2D eigenvalue weighted by Gasteiger charge is -2.54. The van der Waals surface area contributed by atoms with E-state index in [1.807, 2.05) is 0 Å². The van der Waals surface area contributed by atoms with Crippen LogP contribution in [0.2, 0.25) is 0 Å². The minimum absolute atomic E-state index is 0.0221. The number of hydrogen-bond acceptors (Lipinski definition) is 1. The molecule has 4 atom stereocenters. The first-order valence-electron chi connectivity index (χ1n) is 9.77. The van der Waals surface area contributed by atoms with E-state index in [1.165, 1.54) is 29.3 Å². The number of nitrogens with one attached hydrogen (secondary N) is 1. The van der Waals surface area contributed by atoms with Gasteiger partial charge in [-0.2, -0.15) is 0 Å². The van der Waals surface area contributed by atoms with E-state index in [2.05, 4.69) is 69.2 Å². The monoisotopic (exact) mass is 337 g/mol. The van der Waals surface area contributed by atoms with Gasteiger partial charge in [0.2, 0.25) is 0 Å². The molecule has 0 unspecified atom stereocenters. The van der Waals surface area contributed by atoms with Crippen LogP contribution in [0.1, 0.15) is 52.5 Å². The molecule has 2 heteroatoms. The Bertz CT molecular complexity index is 814. The third kappa shape index (κ3) is 2.49. The van der Waals surface area contributed by atoms with E-state index in [9.17, 15) is 5.11 Å². The van der Waals surface area contributed by atoms with Crippen molar-refractivity contribution in [3.05, 3.63) is 47.7 Å². The Morgan fingerprint density at radius 2 is 1.92 bits per heavy atom. The highest BCUT2D eigenvalue weighted by molar-refractivity contribution is 5.83. The molecule has 25 heavy (non-hydrogen) atoms. The fourth-order valence-electron chi connectivity index (χ4n) is 5.45. The fourth-order valence-corrected chi connectivity index (χ4v) is 5.45. The number of para-hydroxylation sites is 1. The predicted octanol–water partition coefficient (Wildman–Crippen LogP) is 5.48. The molecule has 0 radical (unpaired) electrons. The summed E-state index contributed by atoms with van der Waals surface area (Å²) < 4.78 is 0. The number of H-pyrrole nitrogens is 1. The SMILES string of the molecule is C[C@@H]1CC[C@@H]2C(=CC[C@H](O)C2(C)C)[C@]1(C)Cc1c[nH]c2ccccc12. The first-order valence-corrected chi connectivity index (χ1v) is 9.77. The maximum atomic E-state index is 10.6. The van der Waals surface area contributed by atoms with Gasteiger partial charge in [-0.05, 0) is 60.0 Å². The lowest BCUT2D eigenvalue weighted by atomic mass is 9.51. The summed E-state index contributed by atoms with van der Waals surface area (Å²) in [4.78, 5) is 3.45. The van der Waals surface area contributed by atoms with Gasteiger partial charge in [0.25, 0.3) is 0 Å². The molecule has 1 aromatic carbocycles. The summed E-state index contributed by atoms with van der Waals surface area (Å²) in [5.74, 6) is 1.16. The van der Waals surface area contributed by atoms with Crippen molar-refractivity contribution >= 4 is 10.9 Å². The number of benzene rings is 1. The molecule has 4 rings (SSSR count). The molecule has 1 heterocycles. The molecular weight excluding hydrogens is 306 g/mol. The van der Waals surface area contributed by atoms with Crippen molar-refractivity contribution in [1.82, 2.24) is 4.98 Å². The molecule has 2 aliphatic rings. The van der Waals surface area contributed by atoms with E-state index < -0.39 is 0 Å². The van der Waals surface area contributed by atoms with E-state index >= 15 is 0 Å². The zero-order chi connectivity index (χ0) is 17.8. The van der Waals surface area contributed by atoms with E-state index in [-0.39, 0.29) is 16.9 Å². The minimum Gasteiger partial charge on any atom is -0.392 e. The van der Waals surface area contributed by atoms with Crippen LogP contribution in [-0.4, -0.2) is 16.2 Å². The molecule has 0 amide bonds. The summed E-state index contributed by atoms with van der Waals surface area (Å²) in [6, 6.07) is 8.62. The van der Waals surface area contributed by atoms with Gasteiger partial charge in [-0.25, -0.2) is 0 Å². The van der Waals surface area contributed by atoms with Crippen LogP contribution in [0.4, 0.5) is 0 Å². The van der Waals surface area contributed by atoms with Gasteiger partial charge in [-0.1, -0.05) is 57.5 Å². The molecule has 1 fully saturated rings. The Kier molecular flexibility index (Phi) is 3.88. The summed E-state index contributed by atoms with van der Waals surface area (Å²) in [5.41, 5.74) is 4.41. The Morgan fingerprint density at radius 3 is 2.72 bits per heavy atom.